The molecule has 0 fully saturated rings. The summed E-state index contributed by atoms with van der Waals surface area (Å²) in [5.74, 6) is 0.914. The van der Waals surface area contributed by atoms with E-state index >= 15 is 0 Å². The van der Waals surface area contributed by atoms with Crippen LogP contribution in [-0.4, -0.2) is 13.4 Å². The summed E-state index contributed by atoms with van der Waals surface area (Å²) >= 11 is 6.44. The number of rotatable bonds is 4. The Labute approximate surface area is 151 Å². The number of halogens is 1. The predicted octanol–water partition coefficient (Wildman–Crippen LogP) is 6.19. The third kappa shape index (κ3) is 3.85. The van der Waals surface area contributed by atoms with E-state index < -0.39 is 8.32 Å². The Bertz CT molecular complexity index is 733. The zero-order chi connectivity index (χ0) is 18.1. The van der Waals surface area contributed by atoms with Gasteiger partial charge in [-0.1, -0.05) is 56.6 Å². The van der Waals surface area contributed by atoms with Gasteiger partial charge in [-0.25, -0.2) is 0 Å². The second-order valence-corrected chi connectivity index (χ2v) is 12.9. The van der Waals surface area contributed by atoms with Crippen LogP contribution in [0, 0.1) is 6.92 Å². The van der Waals surface area contributed by atoms with Crippen molar-refractivity contribution in [3.8, 4) is 16.9 Å². The molecule has 24 heavy (non-hydrogen) atoms. The van der Waals surface area contributed by atoms with E-state index in [1.807, 2.05) is 24.3 Å². The lowest BCUT2D eigenvalue weighted by molar-refractivity contribution is 0.282. The second-order valence-electron chi connectivity index (χ2n) is 7.78. The molecule has 130 valence electrons. The molecule has 0 heterocycles. The van der Waals surface area contributed by atoms with Crippen molar-refractivity contribution in [2.45, 2.75) is 52.4 Å². The lowest BCUT2D eigenvalue weighted by atomic mass is 9.98. The molecule has 0 spiro atoms. The van der Waals surface area contributed by atoms with Crippen LogP contribution in [0.2, 0.25) is 23.2 Å². The predicted molar refractivity (Wildman–Crippen MR) is 105 cm³/mol. The summed E-state index contributed by atoms with van der Waals surface area (Å²) in [5, 5.41) is 10.2. The van der Waals surface area contributed by atoms with Crippen molar-refractivity contribution in [1.82, 2.24) is 0 Å². The highest BCUT2D eigenvalue weighted by Gasteiger charge is 2.39. The van der Waals surface area contributed by atoms with E-state index in [0.29, 0.717) is 5.02 Å². The van der Waals surface area contributed by atoms with E-state index in [4.69, 9.17) is 16.0 Å². The van der Waals surface area contributed by atoms with Gasteiger partial charge in [-0.2, -0.15) is 0 Å². The van der Waals surface area contributed by atoms with Crippen molar-refractivity contribution in [1.29, 1.82) is 0 Å². The fourth-order valence-corrected chi connectivity index (χ4v) is 3.67. The van der Waals surface area contributed by atoms with Crippen LogP contribution >= 0.6 is 11.6 Å². The Kier molecular flexibility index (Phi) is 5.48. The van der Waals surface area contributed by atoms with Gasteiger partial charge in [0.2, 0.25) is 8.32 Å². The largest absolute Gasteiger partial charge is 0.543 e. The van der Waals surface area contributed by atoms with Crippen molar-refractivity contribution in [2.75, 3.05) is 0 Å². The van der Waals surface area contributed by atoms with E-state index in [2.05, 4.69) is 52.9 Å². The normalized spacial score (nSPS) is 12.3. The first-order valence-corrected chi connectivity index (χ1v) is 11.5. The summed E-state index contributed by atoms with van der Waals surface area (Å²) in [5.41, 5.74) is 3.87. The van der Waals surface area contributed by atoms with Crippen LogP contribution in [0.25, 0.3) is 11.1 Å². The summed E-state index contributed by atoms with van der Waals surface area (Å²) in [4.78, 5) is 0. The fourth-order valence-electron chi connectivity index (χ4n) is 2.36. The van der Waals surface area contributed by atoms with E-state index in [-0.39, 0.29) is 11.6 Å². The molecule has 2 aromatic rings. The van der Waals surface area contributed by atoms with E-state index in [9.17, 15) is 5.11 Å². The first kappa shape index (κ1) is 19.0. The minimum atomic E-state index is -1.85. The summed E-state index contributed by atoms with van der Waals surface area (Å²) in [6.07, 6.45) is 0. The number of aliphatic hydroxyl groups is 1. The Hall–Kier alpha value is -1.29. The van der Waals surface area contributed by atoms with Gasteiger partial charge in [0.1, 0.15) is 5.75 Å². The minimum Gasteiger partial charge on any atom is -0.543 e. The van der Waals surface area contributed by atoms with Gasteiger partial charge in [0.15, 0.2) is 0 Å². The van der Waals surface area contributed by atoms with Gasteiger partial charge in [-0.05, 0) is 53.9 Å². The molecule has 0 unspecified atom stereocenters. The molecule has 1 N–H and O–H groups in total. The lowest BCUT2D eigenvalue weighted by Gasteiger charge is -2.36. The van der Waals surface area contributed by atoms with Crippen LogP contribution in [0.3, 0.4) is 0 Å². The molecular formula is C20H27ClO2Si. The molecule has 0 aliphatic rings. The minimum absolute atomic E-state index is 0.0573. The molecule has 0 aliphatic carbocycles. The van der Waals surface area contributed by atoms with Crippen molar-refractivity contribution in [3.05, 3.63) is 52.5 Å². The van der Waals surface area contributed by atoms with Crippen LogP contribution in [0.5, 0.6) is 5.75 Å². The first-order valence-electron chi connectivity index (χ1n) is 8.25. The zero-order valence-electron chi connectivity index (χ0n) is 15.4. The van der Waals surface area contributed by atoms with Gasteiger partial charge in [0.05, 0.1) is 11.6 Å². The lowest BCUT2D eigenvalue weighted by Crippen LogP contribution is -2.43. The third-order valence-electron chi connectivity index (χ3n) is 4.92. The highest BCUT2D eigenvalue weighted by Crippen LogP contribution is 2.39. The van der Waals surface area contributed by atoms with Crippen LogP contribution in [0.1, 0.15) is 31.9 Å². The maximum atomic E-state index is 9.41. The van der Waals surface area contributed by atoms with Gasteiger partial charge in [-0.15, -0.1) is 0 Å². The van der Waals surface area contributed by atoms with Gasteiger partial charge >= 0.3 is 0 Å². The van der Waals surface area contributed by atoms with E-state index in [1.54, 1.807) is 0 Å². The van der Waals surface area contributed by atoms with E-state index in [0.717, 1.165) is 28.0 Å². The number of benzene rings is 2. The average Bonchev–Trinajstić information content (AvgIpc) is 2.47. The standard InChI is InChI=1S/C20H27ClO2Si/c1-14-12-16(23-24(5,6)20(2,3)4)10-11-17(14)18-9-7-8-15(13-22)19(18)21/h7-12,22H,13H2,1-6H3. The summed E-state index contributed by atoms with van der Waals surface area (Å²) in [7, 11) is -1.85. The SMILES string of the molecule is Cc1cc(O[Si](C)(C)C(C)(C)C)ccc1-c1cccc(CO)c1Cl. The molecule has 0 atom stereocenters. The Balaban J connectivity index is 2.38. The van der Waals surface area contributed by atoms with Crippen LogP contribution in [0.4, 0.5) is 0 Å². The highest BCUT2D eigenvalue weighted by atomic mass is 35.5. The first-order chi connectivity index (χ1) is 11.1. The summed E-state index contributed by atoms with van der Waals surface area (Å²) in [6.45, 7) is 13.2. The van der Waals surface area contributed by atoms with Crippen molar-refractivity contribution in [2.24, 2.45) is 0 Å². The van der Waals surface area contributed by atoms with Crippen LogP contribution in [0.15, 0.2) is 36.4 Å². The van der Waals surface area contributed by atoms with Crippen LogP contribution in [-0.2, 0) is 6.61 Å². The van der Waals surface area contributed by atoms with Gasteiger partial charge in [0, 0.05) is 5.56 Å². The molecule has 2 aromatic carbocycles. The van der Waals surface area contributed by atoms with Gasteiger partial charge in [-0.3, -0.25) is 0 Å². The maximum Gasteiger partial charge on any atom is 0.250 e. The number of aliphatic hydroxyl groups excluding tert-OH is 1. The Morgan fingerprint density at radius 1 is 1.08 bits per heavy atom. The number of hydrogen-bond donors (Lipinski definition) is 1. The van der Waals surface area contributed by atoms with Crippen molar-refractivity contribution in [3.63, 3.8) is 0 Å². The molecule has 2 rings (SSSR count). The molecular weight excluding hydrogens is 336 g/mol. The molecule has 0 radical (unpaired) electrons. The molecule has 0 bridgehead atoms. The van der Waals surface area contributed by atoms with Gasteiger partial charge < -0.3 is 9.53 Å². The molecule has 0 amide bonds. The quantitative estimate of drug-likeness (QED) is 0.657. The molecule has 0 aliphatic heterocycles. The summed E-state index contributed by atoms with van der Waals surface area (Å²) < 4.78 is 6.38. The summed E-state index contributed by atoms with van der Waals surface area (Å²) in [6, 6.07) is 11.9. The molecule has 0 saturated heterocycles. The topological polar surface area (TPSA) is 29.5 Å². The monoisotopic (exact) mass is 362 g/mol. The number of hydrogen-bond acceptors (Lipinski definition) is 2. The van der Waals surface area contributed by atoms with Crippen molar-refractivity contribution < 1.29 is 9.53 Å². The Morgan fingerprint density at radius 3 is 2.29 bits per heavy atom. The maximum absolute atomic E-state index is 9.41. The van der Waals surface area contributed by atoms with Crippen molar-refractivity contribution >= 4 is 19.9 Å². The molecule has 4 heteroatoms. The second kappa shape index (κ2) is 6.91. The van der Waals surface area contributed by atoms with Crippen LogP contribution < -0.4 is 4.43 Å². The zero-order valence-corrected chi connectivity index (χ0v) is 17.2. The van der Waals surface area contributed by atoms with E-state index in [1.165, 1.54) is 0 Å². The molecule has 0 saturated carbocycles. The van der Waals surface area contributed by atoms with Gasteiger partial charge in [0.25, 0.3) is 0 Å². The fraction of sp³-hybridized carbons (Fsp3) is 0.400. The molecule has 0 aromatic heterocycles. The number of aryl methyl sites for hydroxylation is 1. The average molecular weight is 363 g/mol. The molecule has 2 nitrogen and oxygen atoms in total. The third-order valence-corrected chi connectivity index (χ3v) is 9.72. The smallest absolute Gasteiger partial charge is 0.250 e. The highest BCUT2D eigenvalue weighted by molar-refractivity contribution is 6.74. The Morgan fingerprint density at radius 2 is 1.75 bits per heavy atom.